The molecule has 2 heterocycles. The molecule has 0 fully saturated rings. The molecule has 1 aromatic carbocycles. The van der Waals surface area contributed by atoms with Gasteiger partial charge in [-0.25, -0.2) is 4.98 Å². The molecule has 0 saturated carbocycles. The zero-order valence-electron chi connectivity index (χ0n) is 9.42. The van der Waals surface area contributed by atoms with Crippen LogP contribution in [0, 0.1) is 0 Å². The fraction of sp³-hybridized carbons (Fsp3) is 0.154. The summed E-state index contributed by atoms with van der Waals surface area (Å²) in [5.74, 6) is 0. The molecule has 0 unspecified atom stereocenters. The van der Waals surface area contributed by atoms with E-state index in [0.29, 0.717) is 0 Å². The van der Waals surface area contributed by atoms with Gasteiger partial charge < -0.3 is 0 Å². The van der Waals surface area contributed by atoms with Gasteiger partial charge in [-0.3, -0.25) is 9.97 Å². The third-order valence-electron chi connectivity index (χ3n) is 2.62. The van der Waals surface area contributed by atoms with Gasteiger partial charge in [-0.2, -0.15) is 0 Å². The van der Waals surface area contributed by atoms with Gasteiger partial charge in [0.2, 0.25) is 0 Å². The van der Waals surface area contributed by atoms with E-state index in [4.69, 9.17) is 0 Å². The second-order valence-electron chi connectivity index (χ2n) is 3.75. The third kappa shape index (κ3) is 1.91. The van der Waals surface area contributed by atoms with E-state index in [9.17, 15) is 0 Å². The molecule has 3 nitrogen and oxygen atoms in total. The van der Waals surface area contributed by atoms with Crippen molar-refractivity contribution in [1.29, 1.82) is 0 Å². The summed E-state index contributed by atoms with van der Waals surface area (Å²) in [6, 6.07) is 6.08. The normalized spacial score (nSPS) is 10.9. The largest absolute Gasteiger partial charge is 0.253 e. The van der Waals surface area contributed by atoms with Crippen molar-refractivity contribution >= 4 is 22.4 Å². The van der Waals surface area contributed by atoms with Crippen LogP contribution in [0.25, 0.3) is 21.6 Å². The van der Waals surface area contributed by atoms with E-state index < -0.39 is 0 Å². The summed E-state index contributed by atoms with van der Waals surface area (Å²) in [4.78, 5) is 14.3. The Morgan fingerprint density at radius 2 is 1.88 bits per heavy atom. The Kier molecular flexibility index (Phi) is 2.57. The zero-order chi connectivity index (χ0) is 11.7. The topological polar surface area (TPSA) is 38.7 Å². The molecule has 0 saturated heterocycles. The molecule has 0 bridgehead atoms. The Hall–Kier alpha value is -1.81. The average Bonchev–Trinajstić information content (AvgIpc) is 2.87. The lowest BCUT2D eigenvalue weighted by Gasteiger charge is -1.98. The highest BCUT2D eigenvalue weighted by atomic mass is 32.1. The van der Waals surface area contributed by atoms with E-state index >= 15 is 0 Å². The first-order valence-corrected chi connectivity index (χ1v) is 6.34. The van der Waals surface area contributed by atoms with E-state index in [1.54, 1.807) is 23.7 Å². The summed E-state index contributed by atoms with van der Waals surface area (Å²) in [5, 5.41) is 1.05. The molecule has 0 aliphatic carbocycles. The van der Waals surface area contributed by atoms with E-state index in [1.165, 1.54) is 4.88 Å². The van der Waals surface area contributed by atoms with Crippen LogP contribution in [0.1, 0.15) is 11.8 Å². The third-order valence-corrected chi connectivity index (χ3v) is 3.81. The number of fused-ring (bicyclic) bond motifs is 1. The molecule has 84 valence electrons. The molecule has 0 aliphatic heterocycles. The van der Waals surface area contributed by atoms with Crippen molar-refractivity contribution in [3.63, 3.8) is 0 Å². The van der Waals surface area contributed by atoms with Gasteiger partial charge in [-0.05, 0) is 24.6 Å². The molecule has 0 N–H and O–H groups in total. The zero-order valence-corrected chi connectivity index (χ0v) is 10.2. The lowest BCUT2D eigenvalue weighted by atomic mass is 10.2. The van der Waals surface area contributed by atoms with Crippen LogP contribution in [0.5, 0.6) is 0 Å². The Bertz CT molecular complexity index is 660. The molecule has 0 atom stereocenters. The standard InChI is InChI=1S/C13H11N3S/c1-2-10-8-16-13(17-10)9-3-4-11-12(7-9)15-6-5-14-11/h3-8H,2H2,1H3. The molecule has 0 radical (unpaired) electrons. The second-order valence-corrected chi connectivity index (χ2v) is 4.86. The van der Waals surface area contributed by atoms with Crippen LogP contribution >= 0.6 is 11.3 Å². The fourth-order valence-electron chi connectivity index (χ4n) is 1.70. The van der Waals surface area contributed by atoms with Gasteiger partial charge in [0.25, 0.3) is 0 Å². The Balaban J connectivity index is 2.11. The maximum atomic E-state index is 4.43. The van der Waals surface area contributed by atoms with Crippen molar-refractivity contribution in [3.05, 3.63) is 41.7 Å². The Morgan fingerprint density at radius 1 is 1.06 bits per heavy atom. The van der Waals surface area contributed by atoms with Crippen LogP contribution in [0.3, 0.4) is 0 Å². The minimum Gasteiger partial charge on any atom is -0.253 e. The summed E-state index contributed by atoms with van der Waals surface area (Å²) in [5.41, 5.74) is 2.95. The molecule has 17 heavy (non-hydrogen) atoms. The summed E-state index contributed by atoms with van der Waals surface area (Å²) < 4.78 is 0. The first-order chi connectivity index (χ1) is 8.36. The first kappa shape index (κ1) is 10.4. The molecule has 0 amide bonds. The van der Waals surface area contributed by atoms with Crippen LogP contribution in [0.15, 0.2) is 36.8 Å². The predicted octanol–water partition coefficient (Wildman–Crippen LogP) is 3.32. The monoisotopic (exact) mass is 241 g/mol. The number of aryl methyl sites for hydroxylation is 1. The lowest BCUT2D eigenvalue weighted by molar-refractivity contribution is 1.17. The Labute approximate surface area is 103 Å². The summed E-state index contributed by atoms with van der Waals surface area (Å²) >= 11 is 1.74. The summed E-state index contributed by atoms with van der Waals surface area (Å²) in [6.45, 7) is 2.14. The van der Waals surface area contributed by atoms with E-state index in [2.05, 4.69) is 27.9 Å². The van der Waals surface area contributed by atoms with Crippen molar-refractivity contribution in [1.82, 2.24) is 15.0 Å². The molecular weight excluding hydrogens is 230 g/mol. The van der Waals surface area contributed by atoms with Crippen molar-refractivity contribution in [2.24, 2.45) is 0 Å². The molecule has 2 aromatic heterocycles. The first-order valence-electron chi connectivity index (χ1n) is 5.52. The van der Waals surface area contributed by atoms with E-state index in [-0.39, 0.29) is 0 Å². The molecule has 3 aromatic rings. The van der Waals surface area contributed by atoms with Crippen molar-refractivity contribution in [2.45, 2.75) is 13.3 Å². The van der Waals surface area contributed by atoms with Gasteiger partial charge in [0, 0.05) is 29.0 Å². The van der Waals surface area contributed by atoms with Crippen LogP contribution in [0.2, 0.25) is 0 Å². The minimum absolute atomic E-state index is 0.915. The van der Waals surface area contributed by atoms with E-state index in [1.807, 2.05) is 18.3 Å². The maximum Gasteiger partial charge on any atom is 0.123 e. The molecule has 0 spiro atoms. The molecule has 3 rings (SSSR count). The van der Waals surface area contributed by atoms with Crippen LogP contribution in [-0.2, 0) is 6.42 Å². The second kappa shape index (κ2) is 4.22. The average molecular weight is 241 g/mol. The van der Waals surface area contributed by atoms with Crippen molar-refractivity contribution < 1.29 is 0 Å². The molecule has 4 heteroatoms. The predicted molar refractivity (Wildman–Crippen MR) is 70.0 cm³/mol. The minimum atomic E-state index is 0.915. The maximum absolute atomic E-state index is 4.43. The van der Waals surface area contributed by atoms with Crippen LogP contribution in [-0.4, -0.2) is 15.0 Å². The number of rotatable bonds is 2. The highest BCUT2D eigenvalue weighted by Crippen LogP contribution is 2.27. The fourth-order valence-corrected chi connectivity index (χ4v) is 2.55. The molecule has 0 aliphatic rings. The van der Waals surface area contributed by atoms with Gasteiger partial charge in [0.1, 0.15) is 5.01 Å². The summed E-state index contributed by atoms with van der Waals surface area (Å²) in [6.07, 6.45) is 6.40. The number of aromatic nitrogens is 3. The van der Waals surface area contributed by atoms with Gasteiger partial charge in [-0.15, -0.1) is 11.3 Å². The van der Waals surface area contributed by atoms with Gasteiger partial charge in [0.05, 0.1) is 11.0 Å². The SMILES string of the molecule is CCc1cnc(-c2ccc3nccnc3c2)s1. The Morgan fingerprint density at radius 3 is 2.65 bits per heavy atom. The number of nitrogens with zero attached hydrogens (tertiary/aromatic N) is 3. The number of benzene rings is 1. The van der Waals surface area contributed by atoms with Gasteiger partial charge in [0.15, 0.2) is 0 Å². The highest BCUT2D eigenvalue weighted by Gasteiger charge is 2.05. The van der Waals surface area contributed by atoms with Gasteiger partial charge in [-0.1, -0.05) is 6.92 Å². The van der Waals surface area contributed by atoms with E-state index in [0.717, 1.165) is 28.0 Å². The van der Waals surface area contributed by atoms with Gasteiger partial charge >= 0.3 is 0 Å². The number of thiazole rings is 1. The highest BCUT2D eigenvalue weighted by molar-refractivity contribution is 7.15. The van der Waals surface area contributed by atoms with Crippen molar-refractivity contribution in [2.75, 3.05) is 0 Å². The van der Waals surface area contributed by atoms with Crippen LogP contribution < -0.4 is 0 Å². The smallest absolute Gasteiger partial charge is 0.123 e. The summed E-state index contributed by atoms with van der Waals surface area (Å²) in [7, 11) is 0. The van der Waals surface area contributed by atoms with Crippen LogP contribution in [0.4, 0.5) is 0 Å². The number of hydrogen-bond donors (Lipinski definition) is 0. The number of hydrogen-bond acceptors (Lipinski definition) is 4. The van der Waals surface area contributed by atoms with Crippen molar-refractivity contribution in [3.8, 4) is 10.6 Å². The molecular formula is C13H11N3S. The quantitative estimate of drug-likeness (QED) is 0.691. The lowest BCUT2D eigenvalue weighted by Crippen LogP contribution is -1.83.